The van der Waals surface area contributed by atoms with Crippen LogP contribution in [-0.2, 0) is 4.79 Å². The lowest BCUT2D eigenvalue weighted by molar-refractivity contribution is -0.119. The Kier molecular flexibility index (Phi) is 4.86. The number of carbonyl (C=O) groups excluding carboxylic acids is 3. The van der Waals surface area contributed by atoms with Crippen LogP contribution in [0.5, 0.6) is 0 Å². The van der Waals surface area contributed by atoms with Crippen molar-refractivity contribution in [2.24, 2.45) is 0 Å². The van der Waals surface area contributed by atoms with Crippen molar-refractivity contribution in [3.8, 4) is 0 Å². The third-order valence-corrected chi connectivity index (χ3v) is 5.45. The molecule has 4 rings (SSSR count). The molecule has 3 amide bonds. The molecular weight excluding hydrogens is 354 g/mol. The molecule has 1 N–H and O–H groups in total. The van der Waals surface area contributed by atoms with Crippen molar-refractivity contribution in [3.63, 3.8) is 0 Å². The van der Waals surface area contributed by atoms with Gasteiger partial charge in [0.1, 0.15) is 6.04 Å². The number of piperidine rings is 1. The molecule has 0 saturated carbocycles. The minimum atomic E-state index is -0.901. The Hall–Kier alpha value is -3.15. The summed E-state index contributed by atoms with van der Waals surface area (Å²) in [6.45, 7) is 3.50. The van der Waals surface area contributed by atoms with Gasteiger partial charge in [0.25, 0.3) is 11.8 Å². The summed E-state index contributed by atoms with van der Waals surface area (Å²) in [5, 5.41) is 2.93. The highest BCUT2D eigenvalue weighted by Crippen LogP contribution is 2.29. The van der Waals surface area contributed by atoms with Crippen LogP contribution in [0.15, 0.2) is 48.5 Å². The van der Waals surface area contributed by atoms with Gasteiger partial charge in [-0.25, -0.2) is 0 Å². The van der Waals surface area contributed by atoms with Crippen LogP contribution in [-0.4, -0.2) is 41.8 Å². The maximum Gasteiger partial charge on any atom is 0.262 e. The van der Waals surface area contributed by atoms with Crippen LogP contribution in [0.4, 0.5) is 11.4 Å². The molecule has 144 valence electrons. The summed E-state index contributed by atoms with van der Waals surface area (Å²) in [6.07, 6.45) is 3.49. The second-order valence-electron chi connectivity index (χ2n) is 7.26. The van der Waals surface area contributed by atoms with Crippen molar-refractivity contribution in [1.29, 1.82) is 0 Å². The van der Waals surface area contributed by atoms with Crippen LogP contribution in [0.3, 0.4) is 0 Å². The summed E-state index contributed by atoms with van der Waals surface area (Å²) in [6, 6.07) is 13.4. The van der Waals surface area contributed by atoms with Crippen molar-refractivity contribution < 1.29 is 14.4 Å². The van der Waals surface area contributed by atoms with Gasteiger partial charge in [-0.3, -0.25) is 19.3 Å². The van der Waals surface area contributed by atoms with Crippen LogP contribution in [0, 0.1) is 0 Å². The third-order valence-electron chi connectivity index (χ3n) is 5.45. The molecule has 2 aliphatic heterocycles. The maximum absolute atomic E-state index is 12.9. The third kappa shape index (κ3) is 3.15. The molecule has 0 aromatic heterocycles. The standard InChI is InChI=1S/C22H23N3O3/c1-15(25-21(27)16-9-3-4-10-17(16)22(25)28)20(26)23-18-11-5-6-12-19(18)24-13-7-2-8-14-24/h3-6,9-12,15H,2,7-8,13-14H2,1H3,(H,23,26)/t15-/m1/s1. The molecule has 2 aliphatic rings. The topological polar surface area (TPSA) is 69.7 Å². The second kappa shape index (κ2) is 7.46. The van der Waals surface area contributed by atoms with Gasteiger partial charge in [0.05, 0.1) is 22.5 Å². The normalized spacial score (nSPS) is 17.5. The van der Waals surface area contributed by atoms with E-state index in [4.69, 9.17) is 0 Å². The first-order valence-electron chi connectivity index (χ1n) is 9.69. The summed E-state index contributed by atoms with van der Waals surface area (Å²) in [5.41, 5.74) is 2.38. The molecule has 0 spiro atoms. The first-order chi connectivity index (χ1) is 13.6. The molecule has 0 bridgehead atoms. The van der Waals surface area contributed by atoms with Crippen LogP contribution in [0.2, 0.25) is 0 Å². The lowest BCUT2D eigenvalue weighted by Crippen LogP contribution is -2.45. The number of anilines is 2. The number of rotatable bonds is 4. The number of hydrogen-bond donors (Lipinski definition) is 1. The first-order valence-corrected chi connectivity index (χ1v) is 9.69. The van der Waals surface area contributed by atoms with Crippen molar-refractivity contribution in [1.82, 2.24) is 4.90 Å². The zero-order chi connectivity index (χ0) is 19.7. The highest BCUT2D eigenvalue weighted by atomic mass is 16.2. The Morgan fingerprint density at radius 2 is 1.46 bits per heavy atom. The fourth-order valence-corrected chi connectivity index (χ4v) is 3.90. The van der Waals surface area contributed by atoms with Crippen LogP contribution in [0.25, 0.3) is 0 Å². The van der Waals surface area contributed by atoms with Gasteiger partial charge in [0.2, 0.25) is 5.91 Å². The Balaban J connectivity index is 1.54. The van der Waals surface area contributed by atoms with Gasteiger partial charge >= 0.3 is 0 Å². The second-order valence-corrected chi connectivity index (χ2v) is 7.26. The van der Waals surface area contributed by atoms with E-state index in [1.54, 1.807) is 31.2 Å². The van der Waals surface area contributed by atoms with E-state index in [-0.39, 0.29) is 5.91 Å². The number of nitrogens with zero attached hydrogens (tertiary/aromatic N) is 2. The summed E-state index contributed by atoms with van der Waals surface area (Å²) in [5.74, 6) is -1.22. The van der Waals surface area contributed by atoms with Crippen molar-refractivity contribution >= 4 is 29.1 Å². The molecular formula is C22H23N3O3. The fourth-order valence-electron chi connectivity index (χ4n) is 3.90. The average Bonchev–Trinajstić information content (AvgIpc) is 2.99. The minimum Gasteiger partial charge on any atom is -0.370 e. The van der Waals surface area contributed by atoms with E-state index >= 15 is 0 Å². The van der Waals surface area contributed by atoms with Gasteiger partial charge in [-0.2, -0.15) is 0 Å². The van der Waals surface area contributed by atoms with E-state index in [1.165, 1.54) is 6.42 Å². The van der Waals surface area contributed by atoms with Crippen molar-refractivity contribution in [2.75, 3.05) is 23.3 Å². The number of para-hydroxylation sites is 2. The fraction of sp³-hybridized carbons (Fsp3) is 0.318. The van der Waals surface area contributed by atoms with Gasteiger partial charge in [0, 0.05) is 13.1 Å². The molecule has 2 heterocycles. The number of hydrogen-bond acceptors (Lipinski definition) is 4. The minimum absolute atomic E-state index is 0.348. The quantitative estimate of drug-likeness (QED) is 0.830. The van der Waals surface area contributed by atoms with E-state index in [2.05, 4.69) is 10.2 Å². The summed E-state index contributed by atoms with van der Waals surface area (Å²) >= 11 is 0. The maximum atomic E-state index is 12.9. The van der Waals surface area contributed by atoms with E-state index in [0.717, 1.165) is 36.5 Å². The van der Waals surface area contributed by atoms with Crippen LogP contribution < -0.4 is 10.2 Å². The van der Waals surface area contributed by atoms with Crippen molar-refractivity contribution in [3.05, 3.63) is 59.7 Å². The first kappa shape index (κ1) is 18.2. The molecule has 28 heavy (non-hydrogen) atoms. The average molecular weight is 377 g/mol. The molecule has 1 fully saturated rings. The molecule has 1 saturated heterocycles. The number of imide groups is 1. The van der Waals surface area contributed by atoms with Gasteiger partial charge in [-0.15, -0.1) is 0 Å². The van der Waals surface area contributed by atoms with E-state index in [9.17, 15) is 14.4 Å². The predicted octanol–water partition coefficient (Wildman–Crippen LogP) is 3.30. The van der Waals surface area contributed by atoms with Crippen LogP contribution in [0.1, 0.15) is 46.9 Å². The van der Waals surface area contributed by atoms with E-state index in [0.29, 0.717) is 16.8 Å². The molecule has 2 aromatic carbocycles. The number of amides is 3. The van der Waals surface area contributed by atoms with Gasteiger partial charge in [-0.1, -0.05) is 24.3 Å². The molecule has 0 radical (unpaired) electrons. The largest absolute Gasteiger partial charge is 0.370 e. The Morgan fingerprint density at radius 1 is 0.893 bits per heavy atom. The zero-order valence-electron chi connectivity index (χ0n) is 15.9. The van der Waals surface area contributed by atoms with E-state index < -0.39 is 17.9 Å². The summed E-state index contributed by atoms with van der Waals surface area (Å²) in [4.78, 5) is 41.5. The molecule has 1 atom stereocenters. The van der Waals surface area contributed by atoms with E-state index in [1.807, 2.05) is 24.3 Å². The Bertz CT molecular complexity index is 899. The molecule has 2 aromatic rings. The SMILES string of the molecule is C[C@H](C(=O)Nc1ccccc1N1CCCCC1)N1C(=O)c2ccccc2C1=O. The lowest BCUT2D eigenvalue weighted by atomic mass is 10.1. The number of fused-ring (bicyclic) bond motifs is 1. The molecule has 6 nitrogen and oxygen atoms in total. The van der Waals surface area contributed by atoms with Gasteiger partial charge < -0.3 is 10.2 Å². The number of benzene rings is 2. The molecule has 0 aliphatic carbocycles. The summed E-state index contributed by atoms with van der Waals surface area (Å²) < 4.78 is 0. The van der Waals surface area contributed by atoms with Crippen LogP contribution >= 0.6 is 0 Å². The summed E-state index contributed by atoms with van der Waals surface area (Å²) in [7, 11) is 0. The van der Waals surface area contributed by atoms with Crippen molar-refractivity contribution in [2.45, 2.75) is 32.2 Å². The van der Waals surface area contributed by atoms with Gasteiger partial charge in [-0.05, 0) is 50.5 Å². The zero-order valence-corrected chi connectivity index (χ0v) is 15.9. The molecule has 0 unspecified atom stereocenters. The Labute approximate surface area is 164 Å². The lowest BCUT2D eigenvalue weighted by Gasteiger charge is -2.31. The highest BCUT2D eigenvalue weighted by Gasteiger charge is 2.40. The number of carbonyl (C=O) groups is 3. The highest BCUT2D eigenvalue weighted by molar-refractivity contribution is 6.23. The number of nitrogens with one attached hydrogen (secondary N) is 1. The van der Waals surface area contributed by atoms with Gasteiger partial charge in [0.15, 0.2) is 0 Å². The predicted molar refractivity (Wildman–Crippen MR) is 108 cm³/mol. The smallest absolute Gasteiger partial charge is 0.262 e. The molecule has 6 heteroatoms. The monoisotopic (exact) mass is 377 g/mol. The Morgan fingerprint density at radius 3 is 2.11 bits per heavy atom.